The number of carboxylic acid groups (broad SMARTS) is 1. The normalized spacial score (nSPS) is 31.9. The Kier molecular flexibility index (Phi) is 5.99. The number of thioether (sulfide) groups is 1. The summed E-state index contributed by atoms with van der Waals surface area (Å²) in [4.78, 5) is 55.6. The van der Waals surface area contributed by atoms with Crippen molar-refractivity contribution in [1.82, 2.24) is 9.88 Å². The van der Waals surface area contributed by atoms with Gasteiger partial charge < -0.3 is 14.8 Å². The smallest absolute Gasteiger partial charge is 0.305 e. The summed E-state index contributed by atoms with van der Waals surface area (Å²) in [6.07, 6.45) is 2.81. The molecule has 1 aromatic heterocycles. The number of rotatable bonds is 8. The van der Waals surface area contributed by atoms with E-state index in [0.29, 0.717) is 25.8 Å². The van der Waals surface area contributed by atoms with Gasteiger partial charge in [0.15, 0.2) is 0 Å². The Hall–Kier alpha value is -2.59. The van der Waals surface area contributed by atoms with Crippen molar-refractivity contribution in [1.29, 1.82) is 0 Å². The number of hydrogen-bond acceptors (Lipinski definition) is 7. The fraction of sp³-hybridized carbons (Fsp3) is 0.538. The van der Waals surface area contributed by atoms with E-state index in [1.807, 2.05) is 18.2 Å². The van der Waals surface area contributed by atoms with Crippen molar-refractivity contribution in [3.8, 4) is 5.75 Å². The van der Waals surface area contributed by atoms with Gasteiger partial charge in [-0.15, -0.1) is 11.8 Å². The molecular formula is C26H28N2O6S2. The SMILES string of the molecule is COc1ccccc1[C@@H]1c2sc(=O)[nH]c2S[C@H]2[C@@H]3C[C@H]([C@H]4C(=O)N(CCCCCC(=O)O)C(=O)[C@H]34)[C@H]12. The largest absolute Gasteiger partial charge is 0.496 e. The molecule has 8 nitrogen and oxygen atoms in total. The molecule has 7 atom stereocenters. The monoisotopic (exact) mass is 528 g/mol. The van der Waals surface area contributed by atoms with E-state index in [0.717, 1.165) is 27.6 Å². The highest BCUT2D eigenvalue weighted by atomic mass is 32.2. The van der Waals surface area contributed by atoms with Crippen molar-refractivity contribution in [2.24, 2.45) is 29.6 Å². The minimum absolute atomic E-state index is 0.0599. The van der Waals surface area contributed by atoms with E-state index >= 15 is 0 Å². The van der Waals surface area contributed by atoms with Crippen molar-refractivity contribution in [2.45, 2.75) is 48.3 Å². The van der Waals surface area contributed by atoms with Crippen LogP contribution in [0.3, 0.4) is 0 Å². The second-order valence-corrected chi connectivity index (χ2v) is 12.4. The number of hydrogen-bond donors (Lipinski definition) is 2. The highest BCUT2D eigenvalue weighted by Gasteiger charge is 2.69. The van der Waals surface area contributed by atoms with Crippen LogP contribution < -0.4 is 9.61 Å². The first-order chi connectivity index (χ1) is 17.4. The molecule has 1 aromatic carbocycles. The van der Waals surface area contributed by atoms with Gasteiger partial charge in [-0.05, 0) is 43.1 Å². The van der Waals surface area contributed by atoms with E-state index in [-0.39, 0.29) is 63.9 Å². The predicted octanol–water partition coefficient (Wildman–Crippen LogP) is 3.56. The second-order valence-electron chi connectivity index (χ2n) is 10.2. The van der Waals surface area contributed by atoms with Crippen LogP contribution >= 0.6 is 23.1 Å². The molecular weight excluding hydrogens is 500 g/mol. The Morgan fingerprint density at radius 3 is 2.61 bits per heavy atom. The van der Waals surface area contributed by atoms with Gasteiger partial charge in [-0.2, -0.15) is 0 Å². The summed E-state index contributed by atoms with van der Waals surface area (Å²) >= 11 is 2.92. The molecule has 6 rings (SSSR count). The molecule has 2 aromatic rings. The number of carboxylic acids is 1. The van der Waals surface area contributed by atoms with Gasteiger partial charge in [-0.3, -0.25) is 24.1 Å². The van der Waals surface area contributed by atoms with Gasteiger partial charge in [0.25, 0.3) is 0 Å². The lowest BCUT2D eigenvalue weighted by Crippen LogP contribution is -2.42. The summed E-state index contributed by atoms with van der Waals surface area (Å²) in [6.45, 7) is 0.364. The number of nitrogens with zero attached hydrogens (tertiary/aromatic N) is 1. The second kappa shape index (κ2) is 9.06. The fourth-order valence-electron chi connectivity index (χ4n) is 7.29. The topological polar surface area (TPSA) is 117 Å². The number of thiazole rings is 1. The Balaban J connectivity index is 1.31. The van der Waals surface area contributed by atoms with E-state index in [4.69, 9.17) is 9.84 Å². The Labute approximate surface area is 216 Å². The van der Waals surface area contributed by atoms with Crippen LogP contribution in [-0.4, -0.2) is 51.7 Å². The molecule has 4 aliphatic rings. The summed E-state index contributed by atoms with van der Waals surface area (Å²) in [7, 11) is 1.65. The lowest BCUT2D eigenvalue weighted by atomic mass is 9.68. The summed E-state index contributed by atoms with van der Waals surface area (Å²) in [6, 6.07) is 7.91. The number of aliphatic carboxylic acids is 1. The van der Waals surface area contributed by atoms with Gasteiger partial charge in [0.1, 0.15) is 5.75 Å². The minimum atomic E-state index is -0.825. The number of unbranched alkanes of at least 4 members (excludes halogenated alkanes) is 2. The number of methoxy groups -OCH3 is 1. The number of H-pyrrole nitrogens is 1. The molecule has 2 aliphatic heterocycles. The highest BCUT2D eigenvalue weighted by molar-refractivity contribution is 8.00. The molecule has 0 unspecified atom stereocenters. The average Bonchev–Trinajstić information content (AvgIpc) is 3.58. The molecule has 10 heteroatoms. The van der Waals surface area contributed by atoms with Crippen LogP contribution in [0, 0.1) is 29.6 Å². The van der Waals surface area contributed by atoms with Gasteiger partial charge >= 0.3 is 10.8 Å². The summed E-state index contributed by atoms with van der Waals surface area (Å²) in [5.41, 5.74) is 1.03. The summed E-state index contributed by atoms with van der Waals surface area (Å²) in [5, 5.41) is 9.87. The highest BCUT2D eigenvalue weighted by Crippen LogP contribution is 2.68. The zero-order valence-electron chi connectivity index (χ0n) is 19.8. The number of likely N-dealkylation sites (tertiary alicyclic amines) is 1. The van der Waals surface area contributed by atoms with E-state index in [9.17, 15) is 19.2 Å². The molecule has 2 amide bonds. The average molecular weight is 529 g/mol. The van der Waals surface area contributed by atoms with Gasteiger partial charge in [0.05, 0.1) is 24.0 Å². The van der Waals surface area contributed by atoms with Crippen LogP contribution in [0.4, 0.5) is 0 Å². The molecule has 2 bridgehead atoms. The Morgan fingerprint density at radius 1 is 1.11 bits per heavy atom. The van der Waals surface area contributed by atoms with Crippen molar-refractivity contribution in [3.05, 3.63) is 44.4 Å². The minimum Gasteiger partial charge on any atom is -0.496 e. The maximum Gasteiger partial charge on any atom is 0.305 e. The first-order valence-electron chi connectivity index (χ1n) is 12.5. The van der Waals surface area contributed by atoms with E-state index in [1.165, 1.54) is 16.2 Å². The standard InChI is InChI=1S/C26H28N2O6S2/c1-34-15-8-5-4-7-12(15)17-18-13-11-14(21(18)35-23-22(17)36-26(33)27-23)20-19(13)24(31)28(25(20)32)10-6-2-3-9-16(29)30/h4-5,7-8,13-14,17-21H,2-3,6,9-11H2,1H3,(H,27,33)(H,29,30)/t13-,14+,17-,18+,19+,20+,21-/m0/s1. The maximum absolute atomic E-state index is 13.6. The maximum atomic E-state index is 13.6. The van der Waals surface area contributed by atoms with Crippen LogP contribution in [-0.2, 0) is 14.4 Å². The van der Waals surface area contributed by atoms with E-state index < -0.39 is 5.97 Å². The third-order valence-corrected chi connectivity index (χ3v) is 11.1. The van der Waals surface area contributed by atoms with Gasteiger partial charge in [0.2, 0.25) is 11.8 Å². The fourth-order valence-corrected chi connectivity index (χ4v) is 10.2. The third kappa shape index (κ3) is 3.55. The van der Waals surface area contributed by atoms with Crippen LogP contribution in [0.15, 0.2) is 34.1 Å². The van der Waals surface area contributed by atoms with E-state index in [1.54, 1.807) is 18.9 Å². The third-order valence-electron chi connectivity index (χ3n) is 8.56. The first kappa shape index (κ1) is 23.8. The molecule has 2 aliphatic carbocycles. The number of carbonyl (C=O) groups excluding carboxylic acids is 2. The summed E-state index contributed by atoms with van der Waals surface area (Å²) in [5.74, 6) is -0.523. The number of nitrogens with one attached hydrogen (secondary N) is 1. The quantitative estimate of drug-likeness (QED) is 0.397. The first-order valence-corrected chi connectivity index (χ1v) is 14.2. The molecule has 2 N–H and O–H groups in total. The van der Waals surface area contributed by atoms with Crippen LogP contribution in [0.25, 0.3) is 0 Å². The number of fused-ring (bicyclic) bond motifs is 9. The number of aromatic nitrogens is 1. The van der Waals surface area contributed by atoms with Gasteiger partial charge in [0, 0.05) is 34.6 Å². The van der Waals surface area contributed by atoms with Crippen LogP contribution in [0.5, 0.6) is 5.75 Å². The molecule has 36 heavy (non-hydrogen) atoms. The summed E-state index contributed by atoms with van der Waals surface area (Å²) < 4.78 is 5.71. The number of benzene rings is 1. The van der Waals surface area contributed by atoms with Crippen LogP contribution in [0.1, 0.15) is 48.5 Å². The van der Waals surface area contributed by atoms with Crippen molar-refractivity contribution in [2.75, 3.05) is 13.7 Å². The van der Waals surface area contributed by atoms with E-state index in [2.05, 4.69) is 11.1 Å². The molecule has 3 fully saturated rings. The number of imide groups is 1. The molecule has 0 spiro atoms. The molecule has 3 heterocycles. The zero-order valence-corrected chi connectivity index (χ0v) is 21.5. The van der Waals surface area contributed by atoms with Gasteiger partial charge in [-0.25, -0.2) is 0 Å². The lowest BCUT2D eigenvalue weighted by Gasteiger charge is -2.43. The number of para-hydroxylation sites is 1. The zero-order chi connectivity index (χ0) is 25.1. The Morgan fingerprint density at radius 2 is 1.86 bits per heavy atom. The van der Waals surface area contributed by atoms with Crippen molar-refractivity contribution < 1.29 is 24.2 Å². The number of ether oxygens (including phenoxy) is 1. The number of aromatic amines is 1. The van der Waals surface area contributed by atoms with Gasteiger partial charge in [-0.1, -0.05) is 36.0 Å². The number of carbonyl (C=O) groups is 3. The van der Waals surface area contributed by atoms with Crippen LogP contribution in [0.2, 0.25) is 0 Å². The Bertz CT molecular complexity index is 1290. The van der Waals surface area contributed by atoms with Crippen molar-refractivity contribution >= 4 is 40.9 Å². The molecule has 2 saturated carbocycles. The molecule has 0 radical (unpaired) electrons. The lowest BCUT2D eigenvalue weighted by molar-refractivity contribution is -0.141. The molecule has 190 valence electrons. The van der Waals surface area contributed by atoms with Crippen molar-refractivity contribution in [3.63, 3.8) is 0 Å². The molecule has 1 saturated heterocycles. The number of amides is 2. The predicted molar refractivity (Wildman–Crippen MR) is 134 cm³/mol.